The highest BCUT2D eigenvalue weighted by molar-refractivity contribution is 7.13. The van der Waals surface area contributed by atoms with Crippen molar-refractivity contribution in [1.82, 2.24) is 0 Å². The summed E-state index contributed by atoms with van der Waals surface area (Å²) >= 11 is 1.69. The Bertz CT molecular complexity index is 437. The summed E-state index contributed by atoms with van der Waals surface area (Å²) in [7, 11) is 0. The average molecular weight is 185 g/mol. The molecule has 0 bridgehead atoms. The summed E-state index contributed by atoms with van der Waals surface area (Å²) in [5.41, 5.74) is 1.83. The molecule has 0 unspecified atom stereocenters. The van der Waals surface area contributed by atoms with Gasteiger partial charge in [0.25, 0.3) is 0 Å². The number of nitrogens with zero attached hydrogens (tertiary/aromatic N) is 1. The monoisotopic (exact) mass is 185 g/mol. The Hall–Kier alpha value is -1.59. The van der Waals surface area contributed by atoms with Gasteiger partial charge in [-0.1, -0.05) is 24.3 Å². The zero-order valence-corrected chi connectivity index (χ0v) is 7.71. The van der Waals surface area contributed by atoms with Gasteiger partial charge >= 0.3 is 0 Å². The van der Waals surface area contributed by atoms with Crippen molar-refractivity contribution in [3.63, 3.8) is 0 Å². The molecule has 13 heavy (non-hydrogen) atoms. The highest BCUT2D eigenvalue weighted by Crippen LogP contribution is 2.27. The summed E-state index contributed by atoms with van der Waals surface area (Å²) in [6, 6.07) is 11.8. The molecule has 62 valence electrons. The van der Waals surface area contributed by atoms with Crippen LogP contribution in [0.4, 0.5) is 5.69 Å². The largest absolute Gasteiger partial charge is 0.238 e. The third kappa shape index (κ3) is 1.61. The maximum atomic E-state index is 6.89. The van der Waals surface area contributed by atoms with Crippen LogP contribution in [0.25, 0.3) is 15.3 Å². The fraction of sp³-hybridized carbons (Fsp3) is 0. The van der Waals surface area contributed by atoms with E-state index in [0.717, 1.165) is 5.56 Å². The molecule has 0 spiro atoms. The molecule has 2 heteroatoms. The molecule has 2 rings (SSSR count). The number of rotatable bonds is 1. The topological polar surface area (TPSA) is 4.36 Å². The van der Waals surface area contributed by atoms with E-state index in [1.165, 1.54) is 4.88 Å². The van der Waals surface area contributed by atoms with E-state index in [4.69, 9.17) is 6.57 Å². The van der Waals surface area contributed by atoms with E-state index in [0.29, 0.717) is 5.69 Å². The summed E-state index contributed by atoms with van der Waals surface area (Å²) in [6.07, 6.45) is 0. The van der Waals surface area contributed by atoms with Gasteiger partial charge in [-0.3, -0.25) is 0 Å². The van der Waals surface area contributed by atoms with Crippen molar-refractivity contribution in [2.45, 2.75) is 0 Å². The van der Waals surface area contributed by atoms with Crippen LogP contribution in [0, 0.1) is 6.57 Å². The highest BCUT2D eigenvalue weighted by Gasteiger charge is 1.98. The van der Waals surface area contributed by atoms with Gasteiger partial charge in [0.1, 0.15) is 0 Å². The van der Waals surface area contributed by atoms with Crippen LogP contribution >= 0.6 is 11.3 Å². The molecule has 1 heterocycles. The Balaban J connectivity index is 2.49. The first-order valence-corrected chi connectivity index (χ1v) is 4.79. The lowest BCUT2D eigenvalue weighted by Gasteiger charge is -1.96. The number of hydrogen-bond acceptors (Lipinski definition) is 1. The van der Waals surface area contributed by atoms with Crippen LogP contribution in [-0.4, -0.2) is 0 Å². The van der Waals surface area contributed by atoms with Gasteiger partial charge in [-0.25, -0.2) is 4.85 Å². The first-order valence-electron chi connectivity index (χ1n) is 3.91. The van der Waals surface area contributed by atoms with Crippen molar-refractivity contribution in [3.05, 3.63) is 53.2 Å². The molecule has 0 atom stereocenters. The molecular formula is C11H7NS. The molecule has 0 amide bonds. The van der Waals surface area contributed by atoms with Crippen molar-refractivity contribution in [2.24, 2.45) is 0 Å². The summed E-state index contributed by atoms with van der Waals surface area (Å²) in [5, 5.41) is 2.04. The van der Waals surface area contributed by atoms with Crippen LogP contribution in [-0.2, 0) is 0 Å². The molecule has 1 aromatic carbocycles. The van der Waals surface area contributed by atoms with Crippen LogP contribution in [0.3, 0.4) is 0 Å². The van der Waals surface area contributed by atoms with Crippen molar-refractivity contribution < 1.29 is 0 Å². The molecule has 1 aromatic heterocycles. The lowest BCUT2D eigenvalue weighted by Crippen LogP contribution is -1.69. The Morgan fingerprint density at radius 2 is 2.08 bits per heavy atom. The first-order chi connectivity index (χ1) is 6.40. The summed E-state index contributed by atoms with van der Waals surface area (Å²) in [4.78, 5) is 4.61. The summed E-state index contributed by atoms with van der Waals surface area (Å²) in [5.74, 6) is 0. The van der Waals surface area contributed by atoms with Crippen LogP contribution in [0.15, 0.2) is 41.8 Å². The maximum Gasteiger partial charge on any atom is 0.187 e. The SMILES string of the molecule is [C-]#[N+]c1cccc(-c2cccs2)c1. The smallest absolute Gasteiger partial charge is 0.187 e. The fourth-order valence-corrected chi connectivity index (χ4v) is 1.90. The van der Waals surface area contributed by atoms with E-state index in [-0.39, 0.29) is 0 Å². The molecule has 0 N–H and O–H groups in total. The minimum Gasteiger partial charge on any atom is -0.238 e. The molecule has 0 radical (unpaired) electrons. The summed E-state index contributed by atoms with van der Waals surface area (Å²) in [6.45, 7) is 6.89. The third-order valence-corrected chi connectivity index (χ3v) is 2.70. The standard InChI is InChI=1S/C11H7NS/c1-12-10-5-2-4-9(8-10)11-6-3-7-13-11/h2-8H. The highest BCUT2D eigenvalue weighted by atomic mass is 32.1. The lowest BCUT2D eigenvalue weighted by atomic mass is 10.2. The Labute approximate surface area is 81.1 Å². The van der Waals surface area contributed by atoms with E-state index in [9.17, 15) is 0 Å². The molecule has 0 aliphatic rings. The van der Waals surface area contributed by atoms with Gasteiger partial charge in [-0.2, -0.15) is 0 Å². The molecule has 0 aliphatic heterocycles. The van der Waals surface area contributed by atoms with Gasteiger partial charge in [0.05, 0.1) is 6.57 Å². The van der Waals surface area contributed by atoms with Crippen LogP contribution in [0.1, 0.15) is 0 Å². The van der Waals surface area contributed by atoms with Gasteiger partial charge in [0, 0.05) is 4.88 Å². The predicted molar refractivity (Wildman–Crippen MR) is 56.0 cm³/mol. The van der Waals surface area contributed by atoms with E-state index >= 15 is 0 Å². The number of thiophene rings is 1. The van der Waals surface area contributed by atoms with Crippen molar-refractivity contribution in [3.8, 4) is 10.4 Å². The number of hydrogen-bond donors (Lipinski definition) is 0. The molecule has 0 fully saturated rings. The predicted octanol–water partition coefficient (Wildman–Crippen LogP) is 3.97. The normalized spacial score (nSPS) is 9.46. The maximum absolute atomic E-state index is 6.89. The minimum absolute atomic E-state index is 0.700. The third-order valence-electron chi connectivity index (χ3n) is 1.78. The Kier molecular flexibility index (Phi) is 2.11. The van der Waals surface area contributed by atoms with E-state index in [2.05, 4.69) is 10.9 Å². The van der Waals surface area contributed by atoms with Gasteiger partial charge in [0.2, 0.25) is 0 Å². The zero-order chi connectivity index (χ0) is 9.10. The van der Waals surface area contributed by atoms with E-state index in [1.807, 2.05) is 35.7 Å². The lowest BCUT2D eigenvalue weighted by molar-refractivity contribution is 1.70. The molecule has 0 saturated heterocycles. The van der Waals surface area contributed by atoms with Crippen LogP contribution < -0.4 is 0 Å². The van der Waals surface area contributed by atoms with Gasteiger partial charge in [0.15, 0.2) is 5.69 Å². The average Bonchev–Trinajstić information content (AvgIpc) is 2.71. The summed E-state index contributed by atoms with van der Waals surface area (Å²) < 4.78 is 0. The molecule has 0 aliphatic carbocycles. The number of benzene rings is 1. The Morgan fingerprint density at radius 1 is 1.15 bits per heavy atom. The van der Waals surface area contributed by atoms with Crippen LogP contribution in [0.5, 0.6) is 0 Å². The second kappa shape index (κ2) is 3.42. The first kappa shape index (κ1) is 8.03. The van der Waals surface area contributed by atoms with Crippen molar-refractivity contribution in [1.29, 1.82) is 0 Å². The Morgan fingerprint density at radius 3 is 2.77 bits per heavy atom. The second-order valence-corrected chi connectivity index (χ2v) is 3.59. The second-order valence-electron chi connectivity index (χ2n) is 2.64. The van der Waals surface area contributed by atoms with E-state index < -0.39 is 0 Å². The quantitative estimate of drug-likeness (QED) is 0.592. The van der Waals surface area contributed by atoms with Crippen molar-refractivity contribution >= 4 is 17.0 Å². The minimum atomic E-state index is 0.700. The zero-order valence-electron chi connectivity index (χ0n) is 6.90. The van der Waals surface area contributed by atoms with Gasteiger partial charge < -0.3 is 0 Å². The molecule has 0 saturated carbocycles. The molecular weight excluding hydrogens is 178 g/mol. The van der Waals surface area contributed by atoms with Gasteiger partial charge in [-0.15, -0.1) is 11.3 Å². The van der Waals surface area contributed by atoms with Gasteiger partial charge in [-0.05, 0) is 23.1 Å². The molecule has 1 nitrogen and oxygen atoms in total. The molecule has 2 aromatic rings. The van der Waals surface area contributed by atoms with Crippen LogP contribution in [0.2, 0.25) is 0 Å². The fourth-order valence-electron chi connectivity index (χ4n) is 1.17. The van der Waals surface area contributed by atoms with Crippen molar-refractivity contribution in [2.75, 3.05) is 0 Å². The van der Waals surface area contributed by atoms with E-state index in [1.54, 1.807) is 11.3 Å².